The number of carbonyl (C=O) groups excluding carboxylic acids is 2. The molecule has 0 saturated carbocycles. The van der Waals surface area contributed by atoms with Crippen LogP contribution in [0.15, 0.2) is 42.5 Å². The molecular formula is C17H14INO5. The highest BCUT2D eigenvalue weighted by molar-refractivity contribution is 14.1. The number of rotatable bonds is 4. The van der Waals surface area contributed by atoms with E-state index in [1.165, 1.54) is 0 Å². The third-order valence-corrected chi connectivity index (χ3v) is 4.20. The molecule has 0 saturated heterocycles. The molecule has 0 radical (unpaired) electrons. The van der Waals surface area contributed by atoms with Gasteiger partial charge >= 0.3 is 5.97 Å². The van der Waals surface area contributed by atoms with Crippen LogP contribution in [0.5, 0.6) is 11.5 Å². The molecule has 1 aliphatic rings. The number of nitrogens with one attached hydrogen (secondary N) is 1. The molecule has 2 aromatic carbocycles. The zero-order chi connectivity index (χ0) is 16.9. The summed E-state index contributed by atoms with van der Waals surface area (Å²) in [6.45, 7) is 0.553. The summed E-state index contributed by atoms with van der Waals surface area (Å²) in [5.41, 5.74) is 0.986. The number of hydrogen-bond donors (Lipinski definition) is 1. The molecule has 0 aliphatic carbocycles. The molecule has 2 aromatic rings. The third kappa shape index (κ3) is 3.97. The Labute approximate surface area is 152 Å². The Morgan fingerprint density at radius 2 is 1.83 bits per heavy atom. The topological polar surface area (TPSA) is 73.9 Å². The van der Waals surface area contributed by atoms with Gasteiger partial charge in [-0.15, -0.1) is 0 Å². The van der Waals surface area contributed by atoms with Crippen LogP contribution in [-0.4, -0.2) is 31.7 Å². The number of esters is 1. The van der Waals surface area contributed by atoms with Crippen LogP contribution in [0.2, 0.25) is 0 Å². The van der Waals surface area contributed by atoms with Crippen LogP contribution >= 0.6 is 22.6 Å². The minimum absolute atomic E-state index is 0.307. The number of carbonyl (C=O) groups is 2. The molecule has 0 spiro atoms. The molecule has 3 rings (SSSR count). The SMILES string of the molecule is O=C(COC(=O)c1ccc2c(c1)OCCO2)Nc1ccccc1I. The first-order valence-electron chi connectivity index (χ1n) is 7.24. The van der Waals surface area contributed by atoms with Crippen LogP contribution in [0, 0.1) is 3.57 Å². The molecule has 1 heterocycles. The zero-order valence-corrected chi connectivity index (χ0v) is 14.7. The first-order valence-corrected chi connectivity index (χ1v) is 8.32. The average Bonchev–Trinajstić information content (AvgIpc) is 2.61. The first-order chi connectivity index (χ1) is 11.6. The van der Waals surface area contributed by atoms with Gasteiger partial charge in [0.2, 0.25) is 0 Å². The lowest BCUT2D eigenvalue weighted by Gasteiger charge is -2.18. The Morgan fingerprint density at radius 1 is 1.08 bits per heavy atom. The highest BCUT2D eigenvalue weighted by atomic mass is 127. The van der Waals surface area contributed by atoms with Gasteiger partial charge in [0.1, 0.15) is 13.2 Å². The van der Waals surface area contributed by atoms with Crippen LogP contribution in [-0.2, 0) is 9.53 Å². The number of hydrogen-bond acceptors (Lipinski definition) is 5. The molecule has 0 bridgehead atoms. The minimum atomic E-state index is -0.593. The molecular weight excluding hydrogens is 425 g/mol. The predicted octanol–water partition coefficient (Wildman–Crippen LogP) is 2.86. The van der Waals surface area contributed by atoms with Crippen molar-refractivity contribution in [3.05, 3.63) is 51.6 Å². The van der Waals surface area contributed by atoms with Crippen LogP contribution in [0.1, 0.15) is 10.4 Å². The fourth-order valence-corrected chi connectivity index (χ4v) is 2.66. The van der Waals surface area contributed by atoms with E-state index in [9.17, 15) is 9.59 Å². The Morgan fingerprint density at radius 3 is 2.62 bits per heavy atom. The van der Waals surface area contributed by atoms with Gasteiger partial charge in [0.05, 0.1) is 11.3 Å². The lowest BCUT2D eigenvalue weighted by Crippen LogP contribution is -2.21. The summed E-state index contributed by atoms with van der Waals surface area (Å²) in [5.74, 6) is 0.100. The van der Waals surface area contributed by atoms with Crippen molar-refractivity contribution in [3.8, 4) is 11.5 Å². The van der Waals surface area contributed by atoms with Gasteiger partial charge in [-0.1, -0.05) is 12.1 Å². The number of fused-ring (bicyclic) bond motifs is 1. The zero-order valence-electron chi connectivity index (χ0n) is 12.6. The Bertz CT molecular complexity index is 777. The second kappa shape index (κ2) is 7.52. The van der Waals surface area contributed by atoms with Crippen molar-refractivity contribution in [1.82, 2.24) is 0 Å². The molecule has 1 aliphatic heterocycles. The maximum absolute atomic E-state index is 12.1. The molecule has 6 nitrogen and oxygen atoms in total. The lowest BCUT2D eigenvalue weighted by molar-refractivity contribution is -0.119. The van der Waals surface area contributed by atoms with Crippen molar-refractivity contribution < 1.29 is 23.8 Å². The third-order valence-electron chi connectivity index (χ3n) is 3.26. The smallest absolute Gasteiger partial charge is 0.338 e. The predicted molar refractivity (Wildman–Crippen MR) is 95.5 cm³/mol. The molecule has 0 atom stereocenters. The Hall–Kier alpha value is -2.29. The number of halogens is 1. The van der Waals surface area contributed by atoms with Crippen molar-refractivity contribution in [1.29, 1.82) is 0 Å². The standard InChI is InChI=1S/C17H14INO5/c18-12-3-1-2-4-13(12)19-16(20)10-24-17(21)11-5-6-14-15(9-11)23-8-7-22-14/h1-6,9H,7-8,10H2,(H,19,20). The van der Waals surface area contributed by atoms with Crippen molar-refractivity contribution in [2.24, 2.45) is 0 Å². The highest BCUT2D eigenvalue weighted by Crippen LogP contribution is 2.30. The van der Waals surface area contributed by atoms with Crippen molar-refractivity contribution >= 4 is 40.2 Å². The number of anilines is 1. The largest absolute Gasteiger partial charge is 0.486 e. The average molecular weight is 439 g/mol. The van der Waals surface area contributed by atoms with Gasteiger partial charge < -0.3 is 19.5 Å². The van der Waals surface area contributed by atoms with Gasteiger partial charge in [-0.25, -0.2) is 4.79 Å². The monoisotopic (exact) mass is 439 g/mol. The van der Waals surface area contributed by atoms with E-state index in [1.807, 2.05) is 18.2 Å². The molecule has 1 N–H and O–H groups in total. The second-order valence-corrected chi connectivity index (χ2v) is 6.12. The molecule has 24 heavy (non-hydrogen) atoms. The molecule has 7 heteroatoms. The van der Waals surface area contributed by atoms with E-state index in [2.05, 4.69) is 27.9 Å². The normalized spacial score (nSPS) is 12.4. The van der Waals surface area contributed by atoms with Gasteiger partial charge in [-0.3, -0.25) is 4.79 Å². The summed E-state index contributed by atoms with van der Waals surface area (Å²) in [6, 6.07) is 12.1. The van der Waals surface area contributed by atoms with E-state index < -0.39 is 11.9 Å². The fraction of sp³-hybridized carbons (Fsp3) is 0.176. The van der Waals surface area contributed by atoms with Gasteiger partial charge in [0.15, 0.2) is 18.1 Å². The summed E-state index contributed by atoms with van der Waals surface area (Å²) < 4.78 is 16.8. The van der Waals surface area contributed by atoms with Crippen LogP contribution in [0.4, 0.5) is 5.69 Å². The maximum atomic E-state index is 12.1. The molecule has 0 aromatic heterocycles. The van der Waals surface area contributed by atoms with E-state index >= 15 is 0 Å². The van der Waals surface area contributed by atoms with Crippen molar-refractivity contribution in [3.63, 3.8) is 0 Å². The van der Waals surface area contributed by atoms with Crippen LogP contribution in [0.3, 0.4) is 0 Å². The van der Waals surface area contributed by atoms with Gasteiger partial charge in [0.25, 0.3) is 5.91 Å². The number of ether oxygens (including phenoxy) is 3. The lowest BCUT2D eigenvalue weighted by atomic mass is 10.2. The van der Waals surface area contributed by atoms with Crippen molar-refractivity contribution in [2.45, 2.75) is 0 Å². The quantitative estimate of drug-likeness (QED) is 0.586. The summed E-state index contributed by atoms with van der Waals surface area (Å²) in [4.78, 5) is 24.0. The highest BCUT2D eigenvalue weighted by Gasteiger charge is 2.16. The summed E-state index contributed by atoms with van der Waals surface area (Å²) in [5, 5.41) is 2.70. The van der Waals surface area contributed by atoms with Crippen LogP contribution < -0.4 is 14.8 Å². The first kappa shape index (κ1) is 16.6. The number of para-hydroxylation sites is 1. The molecule has 0 fully saturated rings. The van der Waals surface area contributed by atoms with E-state index in [0.29, 0.717) is 36.0 Å². The minimum Gasteiger partial charge on any atom is -0.486 e. The van der Waals surface area contributed by atoms with E-state index in [4.69, 9.17) is 14.2 Å². The van der Waals surface area contributed by atoms with Crippen LogP contribution in [0.25, 0.3) is 0 Å². The summed E-state index contributed by atoms with van der Waals surface area (Å²) in [7, 11) is 0. The number of benzene rings is 2. The van der Waals surface area contributed by atoms with Gasteiger partial charge in [-0.2, -0.15) is 0 Å². The molecule has 1 amide bonds. The fourth-order valence-electron chi connectivity index (χ4n) is 2.13. The van der Waals surface area contributed by atoms with Gasteiger partial charge in [0, 0.05) is 3.57 Å². The number of amides is 1. The Balaban J connectivity index is 1.57. The molecule has 124 valence electrons. The summed E-state index contributed by atoms with van der Waals surface area (Å²) >= 11 is 2.12. The van der Waals surface area contributed by atoms with Gasteiger partial charge in [-0.05, 0) is 52.9 Å². The molecule has 0 unspecified atom stereocenters. The van der Waals surface area contributed by atoms with E-state index in [-0.39, 0.29) is 6.61 Å². The maximum Gasteiger partial charge on any atom is 0.338 e. The van der Waals surface area contributed by atoms with E-state index in [0.717, 1.165) is 3.57 Å². The van der Waals surface area contributed by atoms with E-state index in [1.54, 1.807) is 24.3 Å². The second-order valence-electron chi connectivity index (χ2n) is 4.96. The summed E-state index contributed by atoms with van der Waals surface area (Å²) in [6.07, 6.45) is 0. The van der Waals surface area contributed by atoms with Crippen molar-refractivity contribution in [2.75, 3.05) is 25.1 Å². The Kier molecular flexibility index (Phi) is 5.19.